The summed E-state index contributed by atoms with van der Waals surface area (Å²) in [5.74, 6) is 0. The van der Waals surface area contributed by atoms with Gasteiger partial charge >= 0.3 is 6.03 Å². The number of nitrogens with one attached hydrogen (secondary N) is 2. The van der Waals surface area contributed by atoms with Crippen molar-refractivity contribution in [1.82, 2.24) is 5.32 Å². The third-order valence-electron chi connectivity index (χ3n) is 3.92. The van der Waals surface area contributed by atoms with E-state index in [0.29, 0.717) is 16.4 Å². The van der Waals surface area contributed by atoms with E-state index >= 15 is 0 Å². The Morgan fingerprint density at radius 1 is 1.27 bits per heavy atom. The Kier molecular flexibility index (Phi) is 5.86. The minimum atomic E-state index is -0.680. The van der Waals surface area contributed by atoms with E-state index in [1.165, 1.54) is 6.07 Å². The molecule has 7 heteroatoms. The highest BCUT2D eigenvalue weighted by atomic mass is 35.5. The largest absolute Gasteiger partial charge is 0.411 e. The van der Waals surface area contributed by atoms with Crippen LogP contribution in [-0.4, -0.2) is 17.0 Å². The van der Waals surface area contributed by atoms with Crippen LogP contribution in [0.15, 0.2) is 47.6 Å². The van der Waals surface area contributed by atoms with Gasteiger partial charge in [0.2, 0.25) is 0 Å². The van der Waals surface area contributed by atoms with Crippen molar-refractivity contribution in [2.75, 3.05) is 5.32 Å². The molecule has 6 nitrogen and oxygen atoms in total. The van der Waals surface area contributed by atoms with Crippen molar-refractivity contribution in [2.45, 2.75) is 26.3 Å². The fourth-order valence-electron chi connectivity index (χ4n) is 2.40. The Labute approximate surface area is 157 Å². The summed E-state index contributed by atoms with van der Waals surface area (Å²) in [5, 5.41) is 27.1. The zero-order valence-electron chi connectivity index (χ0n) is 14.7. The van der Waals surface area contributed by atoms with Gasteiger partial charge in [-0.15, -0.1) is 0 Å². The molecule has 0 heterocycles. The molecule has 0 spiro atoms. The van der Waals surface area contributed by atoms with Crippen LogP contribution in [0.2, 0.25) is 5.02 Å². The van der Waals surface area contributed by atoms with Gasteiger partial charge in [-0.2, -0.15) is 5.26 Å². The van der Waals surface area contributed by atoms with Gasteiger partial charge in [0.25, 0.3) is 0 Å². The van der Waals surface area contributed by atoms with E-state index in [0.717, 1.165) is 11.1 Å². The third kappa shape index (κ3) is 4.52. The molecule has 134 valence electrons. The zero-order valence-corrected chi connectivity index (χ0v) is 15.4. The molecule has 2 rings (SSSR count). The summed E-state index contributed by atoms with van der Waals surface area (Å²) in [5.41, 5.74) is 2.17. The lowest BCUT2D eigenvalue weighted by Crippen LogP contribution is -2.43. The van der Waals surface area contributed by atoms with E-state index < -0.39 is 11.6 Å². The number of halogens is 1. The van der Waals surface area contributed by atoms with Gasteiger partial charge in [-0.3, -0.25) is 0 Å². The maximum absolute atomic E-state index is 12.4. The van der Waals surface area contributed by atoms with Gasteiger partial charge in [-0.25, -0.2) is 4.79 Å². The standard InChI is InChI=1S/C19H19ClN4O2/c1-12(24-26)13-5-4-6-15(9-13)19(2,3)23-18(25)22-16-7-8-17(20)14(10-16)11-21/h4-10,26H,1-3H3,(H2,22,23,25)/b24-12+. The predicted molar refractivity (Wildman–Crippen MR) is 102 cm³/mol. The molecule has 0 saturated heterocycles. The van der Waals surface area contributed by atoms with E-state index in [1.54, 1.807) is 19.1 Å². The van der Waals surface area contributed by atoms with Crippen molar-refractivity contribution in [3.8, 4) is 6.07 Å². The van der Waals surface area contributed by atoms with E-state index in [-0.39, 0.29) is 5.56 Å². The molecule has 2 aromatic carbocycles. The molecule has 3 N–H and O–H groups in total. The number of hydrogen-bond donors (Lipinski definition) is 3. The lowest BCUT2D eigenvalue weighted by atomic mass is 9.92. The van der Waals surface area contributed by atoms with Gasteiger partial charge < -0.3 is 15.8 Å². The SMILES string of the molecule is C/C(=N\O)c1cccc(C(C)(C)NC(=O)Nc2ccc(Cl)c(C#N)c2)c1. The number of carbonyl (C=O) groups excluding carboxylic acids is 1. The molecule has 0 aliphatic heterocycles. The van der Waals surface area contributed by atoms with E-state index in [2.05, 4.69) is 15.8 Å². The fourth-order valence-corrected chi connectivity index (χ4v) is 2.56. The van der Waals surface area contributed by atoms with Gasteiger partial charge in [-0.05, 0) is 56.2 Å². The van der Waals surface area contributed by atoms with Crippen LogP contribution in [0, 0.1) is 11.3 Å². The number of carbonyl (C=O) groups is 1. The Hall–Kier alpha value is -3.04. The van der Waals surface area contributed by atoms with E-state index in [4.69, 9.17) is 22.1 Å². The molecule has 26 heavy (non-hydrogen) atoms. The number of anilines is 1. The molecule has 0 saturated carbocycles. The van der Waals surface area contributed by atoms with Crippen LogP contribution >= 0.6 is 11.6 Å². The van der Waals surface area contributed by atoms with Crippen molar-refractivity contribution in [2.24, 2.45) is 5.16 Å². The molecule has 0 aromatic heterocycles. The fraction of sp³-hybridized carbons (Fsp3) is 0.211. The van der Waals surface area contributed by atoms with Crippen LogP contribution in [0.1, 0.15) is 37.5 Å². The summed E-state index contributed by atoms with van der Waals surface area (Å²) in [6.45, 7) is 5.42. The van der Waals surface area contributed by atoms with Crippen molar-refractivity contribution in [3.05, 3.63) is 64.2 Å². The summed E-state index contributed by atoms with van der Waals surface area (Å²) in [4.78, 5) is 12.4. The van der Waals surface area contributed by atoms with Gasteiger partial charge in [0.15, 0.2) is 0 Å². The van der Waals surface area contributed by atoms with Crippen LogP contribution in [0.4, 0.5) is 10.5 Å². The van der Waals surface area contributed by atoms with Crippen molar-refractivity contribution in [3.63, 3.8) is 0 Å². The second-order valence-corrected chi connectivity index (χ2v) is 6.68. The first-order valence-electron chi connectivity index (χ1n) is 7.85. The van der Waals surface area contributed by atoms with Crippen molar-refractivity contribution in [1.29, 1.82) is 5.26 Å². The number of oxime groups is 1. The molecule has 0 unspecified atom stereocenters. The maximum atomic E-state index is 12.4. The first kappa shape index (κ1) is 19.3. The van der Waals surface area contributed by atoms with Crippen LogP contribution in [-0.2, 0) is 5.54 Å². The summed E-state index contributed by atoms with van der Waals surface area (Å²) < 4.78 is 0. The number of hydrogen-bond acceptors (Lipinski definition) is 4. The number of benzene rings is 2. The minimum Gasteiger partial charge on any atom is -0.411 e. The summed E-state index contributed by atoms with van der Waals surface area (Å²) in [6, 6.07) is 13.6. The first-order chi connectivity index (χ1) is 12.3. The number of amides is 2. The third-order valence-corrected chi connectivity index (χ3v) is 4.25. The first-order valence-corrected chi connectivity index (χ1v) is 8.23. The topological polar surface area (TPSA) is 97.5 Å². The van der Waals surface area contributed by atoms with Gasteiger partial charge in [0.05, 0.1) is 21.8 Å². The zero-order chi connectivity index (χ0) is 19.3. The molecule has 0 radical (unpaired) electrons. The molecule has 0 atom stereocenters. The highest BCUT2D eigenvalue weighted by Gasteiger charge is 2.23. The Balaban J connectivity index is 2.16. The molecule has 2 amide bonds. The van der Waals surface area contributed by atoms with Crippen LogP contribution in [0.25, 0.3) is 0 Å². The maximum Gasteiger partial charge on any atom is 0.319 e. The van der Waals surface area contributed by atoms with Crippen molar-refractivity contribution >= 4 is 29.0 Å². The average molecular weight is 371 g/mol. The molecule has 2 aromatic rings. The number of nitriles is 1. The second kappa shape index (κ2) is 7.89. The number of nitrogens with zero attached hydrogens (tertiary/aromatic N) is 2. The lowest BCUT2D eigenvalue weighted by Gasteiger charge is -2.27. The van der Waals surface area contributed by atoms with Gasteiger partial charge in [0, 0.05) is 5.69 Å². The smallest absolute Gasteiger partial charge is 0.319 e. The Bertz CT molecular complexity index is 901. The highest BCUT2D eigenvalue weighted by Crippen LogP contribution is 2.23. The Morgan fingerprint density at radius 3 is 2.65 bits per heavy atom. The van der Waals surface area contributed by atoms with Crippen LogP contribution < -0.4 is 10.6 Å². The molecule has 0 aliphatic rings. The van der Waals surface area contributed by atoms with Crippen LogP contribution in [0.5, 0.6) is 0 Å². The number of rotatable bonds is 4. The highest BCUT2D eigenvalue weighted by molar-refractivity contribution is 6.31. The Morgan fingerprint density at radius 2 is 2.00 bits per heavy atom. The van der Waals surface area contributed by atoms with E-state index in [9.17, 15) is 4.79 Å². The predicted octanol–water partition coefficient (Wildman–Crippen LogP) is 4.47. The molecule has 0 aliphatic carbocycles. The molecular weight excluding hydrogens is 352 g/mol. The normalized spacial score (nSPS) is 11.6. The summed E-state index contributed by atoms with van der Waals surface area (Å²) in [7, 11) is 0. The summed E-state index contributed by atoms with van der Waals surface area (Å²) >= 11 is 5.89. The lowest BCUT2D eigenvalue weighted by molar-refractivity contribution is 0.242. The molecule has 0 fully saturated rings. The van der Waals surface area contributed by atoms with Crippen LogP contribution in [0.3, 0.4) is 0 Å². The average Bonchev–Trinajstić information content (AvgIpc) is 2.62. The molecule has 0 bridgehead atoms. The minimum absolute atomic E-state index is 0.287. The monoisotopic (exact) mass is 370 g/mol. The van der Waals surface area contributed by atoms with Gasteiger partial charge in [-0.1, -0.05) is 35.0 Å². The second-order valence-electron chi connectivity index (χ2n) is 6.28. The summed E-state index contributed by atoms with van der Waals surface area (Å²) in [6.07, 6.45) is 0. The van der Waals surface area contributed by atoms with Crippen molar-refractivity contribution < 1.29 is 10.0 Å². The van der Waals surface area contributed by atoms with E-state index in [1.807, 2.05) is 44.2 Å². The quantitative estimate of drug-likeness (QED) is 0.420. The molecular formula is C19H19ClN4O2. The number of urea groups is 1. The van der Waals surface area contributed by atoms with Gasteiger partial charge in [0.1, 0.15) is 6.07 Å².